The first-order valence-corrected chi connectivity index (χ1v) is 15.9. The first kappa shape index (κ1) is 38.2. The van der Waals surface area contributed by atoms with Crippen LogP contribution in [0.2, 0.25) is 0 Å². The maximum Gasteiger partial charge on any atom is 0.203 e. The van der Waals surface area contributed by atoms with Crippen molar-refractivity contribution >= 4 is 28.2 Å². The molecular formula is C37H53N6O4+. The fourth-order valence-corrected chi connectivity index (χ4v) is 4.92. The smallest absolute Gasteiger partial charge is 0.203 e. The Balaban J connectivity index is 0.000000265. The topological polar surface area (TPSA) is 132 Å². The molecule has 3 aromatic carbocycles. The van der Waals surface area contributed by atoms with E-state index >= 15 is 0 Å². The predicted octanol–water partition coefficient (Wildman–Crippen LogP) is 7.13. The Morgan fingerprint density at radius 2 is 1.49 bits per heavy atom. The van der Waals surface area contributed by atoms with E-state index in [-0.39, 0.29) is 13.2 Å². The van der Waals surface area contributed by atoms with Crippen LogP contribution in [0.3, 0.4) is 0 Å². The number of fused-ring (bicyclic) bond motifs is 2. The van der Waals surface area contributed by atoms with E-state index in [2.05, 4.69) is 71.7 Å². The molecule has 3 aromatic rings. The number of hydrogen-bond donors (Lipinski definition) is 5. The second-order valence-electron chi connectivity index (χ2n) is 10.3. The minimum absolute atomic E-state index is 0. The lowest BCUT2D eigenvalue weighted by Crippen LogP contribution is -2.29. The zero-order valence-corrected chi connectivity index (χ0v) is 27.9. The van der Waals surface area contributed by atoms with Crippen molar-refractivity contribution in [2.75, 3.05) is 54.8 Å². The maximum atomic E-state index is 9.50. The SMILES string of the molecule is C.CCN(CC)c1ccc(ON)c(O)c1.CCNc1ccc2nc3ccc(=[N+](CC)CC)cc-3oc2c1.CCNc1cccc(O)c1. The largest absolute Gasteiger partial charge is 0.508 e. The molecule has 0 fully saturated rings. The van der Waals surface area contributed by atoms with Crippen LogP contribution < -0.4 is 36.2 Å². The van der Waals surface area contributed by atoms with E-state index in [1.165, 1.54) is 5.36 Å². The van der Waals surface area contributed by atoms with E-state index in [0.717, 1.165) is 78.9 Å². The van der Waals surface area contributed by atoms with Crippen LogP contribution in [-0.2, 0) is 0 Å². The first-order chi connectivity index (χ1) is 22.3. The van der Waals surface area contributed by atoms with Gasteiger partial charge >= 0.3 is 0 Å². The lowest BCUT2D eigenvalue weighted by atomic mass is 10.2. The van der Waals surface area contributed by atoms with Gasteiger partial charge in [0.05, 0.1) is 6.07 Å². The van der Waals surface area contributed by atoms with Crippen molar-refractivity contribution < 1.29 is 19.5 Å². The second-order valence-corrected chi connectivity index (χ2v) is 10.3. The third-order valence-corrected chi connectivity index (χ3v) is 7.30. The van der Waals surface area contributed by atoms with Crippen LogP contribution >= 0.6 is 0 Å². The van der Waals surface area contributed by atoms with E-state index < -0.39 is 0 Å². The Bertz CT molecular complexity index is 1690. The molecule has 5 rings (SSSR count). The summed E-state index contributed by atoms with van der Waals surface area (Å²) < 4.78 is 8.38. The standard InChI is InChI=1S/C18H21N3O.C10H16N2O2.C8H11NO.CH4/c1-4-19-13-7-9-15-17(11-13)22-18-12-14(21(5-2)6-3)8-10-16(18)20-15;1-3-12(4-2)8-5-6-10(14-11)9(13)7-8;1-2-9-7-4-3-5-8(10)6-7;/h7-12H,4-6H2,1-3H3;5-7,13H,3-4,11H2,1-2H3;3-6,9-10H,2H2,1H3;1H4/p+1. The minimum Gasteiger partial charge on any atom is -0.508 e. The highest BCUT2D eigenvalue weighted by atomic mass is 16.6. The Labute approximate surface area is 279 Å². The van der Waals surface area contributed by atoms with Gasteiger partial charge in [0.15, 0.2) is 22.8 Å². The normalized spacial score (nSPS) is 10.1. The van der Waals surface area contributed by atoms with Gasteiger partial charge in [-0.05, 0) is 84.0 Å². The zero-order chi connectivity index (χ0) is 33.5. The number of hydrogen-bond acceptors (Lipinski definition) is 9. The van der Waals surface area contributed by atoms with Crippen molar-refractivity contribution in [3.05, 3.63) is 84.2 Å². The Morgan fingerprint density at radius 1 is 0.809 bits per heavy atom. The summed E-state index contributed by atoms with van der Waals surface area (Å²) in [5.41, 5.74) is 5.56. The summed E-state index contributed by atoms with van der Waals surface area (Å²) in [6.45, 7) is 18.1. The van der Waals surface area contributed by atoms with E-state index in [9.17, 15) is 5.11 Å². The maximum absolute atomic E-state index is 9.50. The van der Waals surface area contributed by atoms with Gasteiger partial charge in [-0.2, -0.15) is 5.90 Å². The first-order valence-electron chi connectivity index (χ1n) is 15.9. The number of phenols is 2. The molecule has 0 saturated carbocycles. The van der Waals surface area contributed by atoms with Crippen LogP contribution in [0.15, 0.2) is 83.3 Å². The van der Waals surface area contributed by atoms with Crippen LogP contribution in [0.4, 0.5) is 17.1 Å². The number of aromatic nitrogens is 1. The fraction of sp³-hybridized carbons (Fsp3) is 0.351. The monoisotopic (exact) mass is 645 g/mol. The Kier molecular flexibility index (Phi) is 15.9. The molecule has 0 saturated heterocycles. The number of nitrogens with two attached hydrogens (primary N) is 1. The lowest BCUT2D eigenvalue weighted by Gasteiger charge is -2.21. The number of nitrogens with zero attached hydrogens (tertiary/aromatic N) is 3. The average Bonchev–Trinajstić information content (AvgIpc) is 3.06. The number of anilines is 3. The van der Waals surface area contributed by atoms with Crippen LogP contribution in [0.1, 0.15) is 49.0 Å². The van der Waals surface area contributed by atoms with Gasteiger partial charge in [-0.3, -0.25) is 0 Å². The van der Waals surface area contributed by atoms with Gasteiger partial charge in [0, 0.05) is 67.5 Å². The van der Waals surface area contributed by atoms with Crippen molar-refractivity contribution in [1.82, 2.24) is 9.56 Å². The Morgan fingerprint density at radius 3 is 2.06 bits per heavy atom. The second kappa shape index (κ2) is 19.5. The molecule has 1 aliphatic carbocycles. The van der Waals surface area contributed by atoms with E-state index in [1.54, 1.807) is 24.3 Å². The summed E-state index contributed by atoms with van der Waals surface area (Å²) in [7, 11) is 0. The minimum atomic E-state index is 0. The molecule has 0 radical (unpaired) electrons. The van der Waals surface area contributed by atoms with Crippen molar-refractivity contribution in [3.8, 4) is 28.7 Å². The van der Waals surface area contributed by atoms with Crippen molar-refractivity contribution in [3.63, 3.8) is 0 Å². The summed E-state index contributed by atoms with van der Waals surface area (Å²) in [5.74, 6) is 6.46. The third kappa shape index (κ3) is 10.8. The number of nitrogens with one attached hydrogen (secondary N) is 2. The van der Waals surface area contributed by atoms with Crippen molar-refractivity contribution in [2.24, 2.45) is 5.90 Å². The molecule has 10 nitrogen and oxygen atoms in total. The quantitative estimate of drug-likeness (QED) is 0.0611. The zero-order valence-electron chi connectivity index (χ0n) is 27.9. The third-order valence-electron chi connectivity index (χ3n) is 7.30. The number of benzene rings is 4. The van der Waals surface area contributed by atoms with Crippen molar-refractivity contribution in [1.29, 1.82) is 0 Å². The molecule has 1 heterocycles. The molecule has 2 aliphatic rings. The van der Waals surface area contributed by atoms with Gasteiger partial charge in [-0.15, -0.1) is 0 Å². The van der Waals surface area contributed by atoms with Crippen LogP contribution in [0, 0.1) is 0 Å². The molecule has 0 amide bonds. The van der Waals surface area contributed by atoms with E-state index in [0.29, 0.717) is 11.5 Å². The highest BCUT2D eigenvalue weighted by Crippen LogP contribution is 2.30. The summed E-state index contributed by atoms with van der Waals surface area (Å²) in [4.78, 5) is 11.3. The number of phenolic OH excluding ortho intramolecular Hbond substituents is 2. The highest BCUT2D eigenvalue weighted by Gasteiger charge is 2.12. The van der Waals surface area contributed by atoms with Gasteiger partial charge in [0.2, 0.25) is 5.36 Å². The summed E-state index contributed by atoms with van der Waals surface area (Å²) in [6.07, 6.45) is 0. The molecule has 254 valence electrons. The molecule has 47 heavy (non-hydrogen) atoms. The van der Waals surface area contributed by atoms with Gasteiger partial charge in [-0.1, -0.05) is 13.5 Å². The molecule has 1 aliphatic heterocycles. The molecule has 0 bridgehead atoms. The highest BCUT2D eigenvalue weighted by molar-refractivity contribution is 5.79. The molecular weight excluding hydrogens is 592 g/mol. The average molecular weight is 646 g/mol. The van der Waals surface area contributed by atoms with E-state index in [1.807, 2.05) is 49.4 Å². The van der Waals surface area contributed by atoms with Gasteiger partial charge in [-0.25, -0.2) is 9.56 Å². The summed E-state index contributed by atoms with van der Waals surface area (Å²) >= 11 is 0. The fourth-order valence-electron chi connectivity index (χ4n) is 4.92. The van der Waals surface area contributed by atoms with Gasteiger partial charge in [0.25, 0.3) is 0 Å². The summed E-state index contributed by atoms with van der Waals surface area (Å²) in [5, 5.41) is 26.1. The van der Waals surface area contributed by atoms with E-state index in [4.69, 9.17) is 20.4 Å². The van der Waals surface area contributed by atoms with Gasteiger partial charge < -0.3 is 35.0 Å². The molecule has 0 unspecified atom stereocenters. The Hall–Kier alpha value is -4.96. The van der Waals surface area contributed by atoms with Crippen molar-refractivity contribution in [2.45, 2.75) is 49.0 Å². The van der Waals surface area contributed by atoms with Crippen LogP contribution in [0.5, 0.6) is 17.2 Å². The van der Waals surface area contributed by atoms with Crippen LogP contribution in [-0.4, -0.2) is 54.5 Å². The molecule has 0 aromatic heterocycles. The number of aromatic hydroxyl groups is 2. The lowest BCUT2D eigenvalue weighted by molar-refractivity contribution is 0.313. The summed E-state index contributed by atoms with van der Waals surface area (Å²) in [6, 6.07) is 24.5. The molecule has 0 spiro atoms. The molecule has 0 atom stereocenters. The molecule has 10 heteroatoms. The predicted molar refractivity (Wildman–Crippen MR) is 197 cm³/mol. The molecule has 6 N–H and O–H groups in total. The number of rotatable bonds is 10. The van der Waals surface area contributed by atoms with Crippen LogP contribution in [0.25, 0.3) is 22.6 Å². The van der Waals surface area contributed by atoms with Gasteiger partial charge in [0.1, 0.15) is 30.0 Å².